The van der Waals surface area contributed by atoms with Crippen LogP contribution in [0.2, 0.25) is 19.6 Å². The molecule has 0 saturated carbocycles. The van der Waals surface area contributed by atoms with Crippen molar-refractivity contribution in [1.82, 2.24) is 0 Å². The fraction of sp³-hybridized carbons (Fsp3) is 0.800. The summed E-state index contributed by atoms with van der Waals surface area (Å²) in [6, 6.07) is 0. The standard InChI is InChI=1S/C5H11BrO2Si/c1-9(2,3)4(6)5(7)8/h4H,1-3H3,(H,7,8)/p-1. The van der Waals surface area contributed by atoms with Crippen molar-refractivity contribution in [3.05, 3.63) is 0 Å². The summed E-state index contributed by atoms with van der Waals surface area (Å²) in [6.45, 7) is 5.92. The van der Waals surface area contributed by atoms with E-state index in [9.17, 15) is 9.90 Å². The molecule has 0 spiro atoms. The fourth-order valence-electron chi connectivity index (χ4n) is 0.354. The minimum absolute atomic E-state index is 0.426. The number of carboxylic acid groups (broad SMARTS) is 1. The van der Waals surface area contributed by atoms with Gasteiger partial charge in [0.15, 0.2) is 0 Å². The molecule has 0 aliphatic heterocycles. The van der Waals surface area contributed by atoms with Gasteiger partial charge in [0.25, 0.3) is 0 Å². The quantitative estimate of drug-likeness (QED) is 0.488. The third kappa shape index (κ3) is 3.00. The van der Waals surface area contributed by atoms with Gasteiger partial charge < -0.3 is 9.90 Å². The number of hydrogen-bond acceptors (Lipinski definition) is 2. The lowest BCUT2D eigenvalue weighted by atomic mass is 10.8. The number of halogens is 1. The Morgan fingerprint density at radius 3 is 1.89 bits per heavy atom. The molecule has 4 heteroatoms. The van der Waals surface area contributed by atoms with E-state index < -0.39 is 18.5 Å². The largest absolute Gasteiger partial charge is 0.549 e. The Morgan fingerprint density at radius 2 is 1.89 bits per heavy atom. The summed E-state index contributed by atoms with van der Waals surface area (Å²) >= 11 is 3.06. The maximum Gasteiger partial charge on any atom is 0.0667 e. The highest BCUT2D eigenvalue weighted by molar-refractivity contribution is 9.10. The Morgan fingerprint density at radius 1 is 1.56 bits per heavy atom. The molecular formula is C5H10BrO2Si-. The number of aliphatic carboxylic acids is 1. The Balaban J connectivity index is 4.04. The van der Waals surface area contributed by atoms with Gasteiger partial charge in [-0.15, -0.1) is 0 Å². The van der Waals surface area contributed by atoms with E-state index in [-0.39, 0.29) is 0 Å². The van der Waals surface area contributed by atoms with E-state index in [4.69, 9.17) is 0 Å². The summed E-state index contributed by atoms with van der Waals surface area (Å²) in [4.78, 5) is 10.2. The van der Waals surface area contributed by atoms with Gasteiger partial charge in [-0.05, 0) is 0 Å². The van der Waals surface area contributed by atoms with Crippen molar-refractivity contribution in [3.8, 4) is 0 Å². The number of rotatable bonds is 2. The summed E-state index contributed by atoms with van der Waals surface area (Å²) in [7, 11) is -1.57. The van der Waals surface area contributed by atoms with Crippen LogP contribution < -0.4 is 5.11 Å². The van der Waals surface area contributed by atoms with Crippen molar-refractivity contribution in [2.45, 2.75) is 24.1 Å². The molecule has 2 nitrogen and oxygen atoms in total. The van der Waals surface area contributed by atoms with Gasteiger partial charge in [-0.2, -0.15) is 0 Å². The first kappa shape index (κ1) is 9.17. The lowest BCUT2D eigenvalue weighted by Crippen LogP contribution is -2.46. The van der Waals surface area contributed by atoms with Gasteiger partial charge in [0, 0.05) is 4.45 Å². The molecule has 9 heavy (non-hydrogen) atoms. The molecule has 0 aromatic rings. The van der Waals surface area contributed by atoms with Crippen molar-refractivity contribution in [2.24, 2.45) is 0 Å². The topological polar surface area (TPSA) is 40.1 Å². The Hall–Kier alpha value is 0.167. The zero-order valence-electron chi connectivity index (χ0n) is 5.77. The highest BCUT2D eigenvalue weighted by atomic mass is 79.9. The number of carbonyl (C=O) groups is 1. The maximum atomic E-state index is 10.2. The smallest absolute Gasteiger partial charge is 0.0667 e. The zero-order chi connectivity index (χ0) is 7.65. The first-order chi connectivity index (χ1) is 3.85. The summed E-state index contributed by atoms with van der Waals surface area (Å²) in [5, 5.41) is 10.2. The summed E-state index contributed by atoms with van der Waals surface area (Å²) in [6.07, 6.45) is 0. The molecule has 0 radical (unpaired) electrons. The van der Waals surface area contributed by atoms with Crippen LogP contribution in [0.5, 0.6) is 0 Å². The van der Waals surface area contributed by atoms with Crippen LogP contribution in [-0.4, -0.2) is 18.5 Å². The lowest BCUT2D eigenvalue weighted by molar-refractivity contribution is -0.302. The zero-order valence-corrected chi connectivity index (χ0v) is 8.36. The molecule has 0 aliphatic carbocycles. The number of carbonyl (C=O) groups excluding carboxylic acids is 1. The number of hydrogen-bond donors (Lipinski definition) is 0. The van der Waals surface area contributed by atoms with Crippen LogP contribution in [0.15, 0.2) is 0 Å². The van der Waals surface area contributed by atoms with Crippen LogP contribution >= 0.6 is 15.9 Å². The van der Waals surface area contributed by atoms with E-state index in [0.29, 0.717) is 0 Å². The Bertz CT molecular complexity index is 119. The van der Waals surface area contributed by atoms with Crippen LogP contribution in [0.1, 0.15) is 0 Å². The predicted molar refractivity (Wildman–Crippen MR) is 41.1 cm³/mol. The summed E-state index contributed by atoms with van der Waals surface area (Å²) < 4.78 is -0.426. The van der Waals surface area contributed by atoms with Gasteiger partial charge in [-0.25, -0.2) is 0 Å². The average molecular weight is 210 g/mol. The highest BCUT2D eigenvalue weighted by Crippen LogP contribution is 2.14. The van der Waals surface area contributed by atoms with Crippen LogP contribution in [0.4, 0.5) is 0 Å². The van der Waals surface area contributed by atoms with Crippen LogP contribution in [-0.2, 0) is 4.79 Å². The van der Waals surface area contributed by atoms with Gasteiger partial charge in [0.1, 0.15) is 0 Å². The summed E-state index contributed by atoms with van der Waals surface area (Å²) in [5.74, 6) is -0.992. The molecular weight excluding hydrogens is 200 g/mol. The number of alkyl halides is 1. The van der Waals surface area contributed by atoms with E-state index in [0.717, 1.165) is 0 Å². The summed E-state index contributed by atoms with van der Waals surface area (Å²) in [5.41, 5.74) is 0. The molecule has 0 aromatic heterocycles. The average Bonchev–Trinajstić information content (AvgIpc) is 1.62. The SMILES string of the molecule is C[Si](C)(C)C(Br)C(=O)[O-]. The first-order valence-electron chi connectivity index (χ1n) is 2.70. The molecule has 0 N–H and O–H groups in total. The van der Waals surface area contributed by atoms with Gasteiger partial charge in [-0.1, -0.05) is 35.6 Å². The second-order valence-corrected chi connectivity index (χ2v) is 10.1. The molecule has 0 aromatic carbocycles. The highest BCUT2D eigenvalue weighted by Gasteiger charge is 2.24. The molecule has 0 fully saturated rings. The van der Waals surface area contributed by atoms with Gasteiger partial charge in [0.05, 0.1) is 14.0 Å². The van der Waals surface area contributed by atoms with Crippen molar-refractivity contribution >= 4 is 30.0 Å². The molecule has 0 aliphatic rings. The predicted octanol–water partition coefficient (Wildman–Crippen LogP) is 0.377. The Labute approximate surface area is 64.4 Å². The van der Waals surface area contributed by atoms with E-state index in [2.05, 4.69) is 15.9 Å². The van der Waals surface area contributed by atoms with Gasteiger partial charge in [-0.3, -0.25) is 0 Å². The van der Waals surface area contributed by atoms with Crippen LogP contribution in [0.3, 0.4) is 0 Å². The van der Waals surface area contributed by atoms with E-state index in [1.54, 1.807) is 0 Å². The molecule has 1 unspecified atom stereocenters. The maximum absolute atomic E-state index is 10.2. The molecule has 0 rings (SSSR count). The van der Waals surface area contributed by atoms with Crippen molar-refractivity contribution < 1.29 is 9.90 Å². The minimum atomic E-state index is -1.57. The second kappa shape index (κ2) is 2.83. The minimum Gasteiger partial charge on any atom is -0.549 e. The lowest BCUT2D eigenvalue weighted by Gasteiger charge is -2.23. The van der Waals surface area contributed by atoms with E-state index >= 15 is 0 Å². The van der Waals surface area contributed by atoms with Gasteiger partial charge >= 0.3 is 0 Å². The molecule has 0 saturated heterocycles. The molecule has 0 bridgehead atoms. The third-order valence-corrected chi connectivity index (χ3v) is 7.22. The molecule has 1 atom stereocenters. The fourth-order valence-corrected chi connectivity index (χ4v) is 1.06. The number of carboxylic acids is 1. The second-order valence-electron chi connectivity index (χ2n) is 3.05. The third-order valence-electron chi connectivity index (χ3n) is 0.967. The monoisotopic (exact) mass is 209 g/mol. The van der Waals surface area contributed by atoms with Crippen molar-refractivity contribution in [3.63, 3.8) is 0 Å². The van der Waals surface area contributed by atoms with Crippen molar-refractivity contribution in [2.75, 3.05) is 0 Å². The van der Waals surface area contributed by atoms with E-state index in [1.807, 2.05) is 19.6 Å². The molecule has 0 heterocycles. The Kier molecular flexibility index (Phi) is 2.89. The normalized spacial score (nSPS) is 15.1. The molecule has 54 valence electrons. The first-order valence-corrected chi connectivity index (χ1v) is 7.20. The van der Waals surface area contributed by atoms with Crippen molar-refractivity contribution in [1.29, 1.82) is 0 Å². The van der Waals surface area contributed by atoms with Crippen LogP contribution in [0.25, 0.3) is 0 Å². The van der Waals surface area contributed by atoms with E-state index in [1.165, 1.54) is 0 Å². The van der Waals surface area contributed by atoms with Crippen LogP contribution in [0, 0.1) is 0 Å². The molecule has 0 amide bonds. The van der Waals surface area contributed by atoms with Gasteiger partial charge in [0.2, 0.25) is 0 Å².